The topological polar surface area (TPSA) is 88.5 Å². The smallest absolute Gasteiger partial charge is 0.308 e. The molecule has 1 aromatic rings. The molecule has 6 heteroatoms. The zero-order valence-corrected chi connectivity index (χ0v) is 12.7. The second-order valence-corrected chi connectivity index (χ2v) is 5.71. The van der Waals surface area contributed by atoms with Crippen LogP contribution in [-0.4, -0.2) is 34.6 Å². The number of pyridine rings is 1. The lowest BCUT2D eigenvalue weighted by Crippen LogP contribution is -2.31. The Morgan fingerprint density at radius 2 is 2.14 bits per heavy atom. The van der Waals surface area contributed by atoms with Crippen LogP contribution in [0.15, 0.2) is 18.3 Å². The van der Waals surface area contributed by atoms with Gasteiger partial charge >= 0.3 is 5.97 Å². The Labute approximate surface area is 129 Å². The van der Waals surface area contributed by atoms with E-state index in [0.29, 0.717) is 11.4 Å². The largest absolute Gasteiger partial charge is 0.481 e. The van der Waals surface area contributed by atoms with Gasteiger partial charge in [-0.15, -0.1) is 0 Å². The summed E-state index contributed by atoms with van der Waals surface area (Å²) in [5.41, 5.74) is 0.429. The van der Waals surface area contributed by atoms with Crippen LogP contribution >= 0.6 is 0 Å². The third kappa shape index (κ3) is 4.72. The van der Waals surface area contributed by atoms with Gasteiger partial charge in [0.15, 0.2) is 0 Å². The van der Waals surface area contributed by atoms with E-state index in [-0.39, 0.29) is 18.6 Å². The molecule has 2 rings (SSSR count). The fourth-order valence-electron chi connectivity index (χ4n) is 2.40. The van der Waals surface area contributed by atoms with Gasteiger partial charge in [0.2, 0.25) is 5.88 Å². The molecule has 1 aliphatic rings. The fraction of sp³-hybridized carbons (Fsp3) is 0.562. The van der Waals surface area contributed by atoms with Crippen LogP contribution in [0.1, 0.15) is 49.4 Å². The van der Waals surface area contributed by atoms with Crippen molar-refractivity contribution in [3.63, 3.8) is 0 Å². The monoisotopic (exact) mass is 306 g/mol. The van der Waals surface area contributed by atoms with Crippen molar-refractivity contribution in [3.05, 3.63) is 23.9 Å². The summed E-state index contributed by atoms with van der Waals surface area (Å²) < 4.78 is 5.82. The number of aliphatic carboxylic acids is 1. The highest BCUT2D eigenvalue weighted by molar-refractivity contribution is 5.94. The number of aromatic nitrogens is 1. The van der Waals surface area contributed by atoms with Crippen LogP contribution in [-0.2, 0) is 4.79 Å². The van der Waals surface area contributed by atoms with Crippen molar-refractivity contribution >= 4 is 11.9 Å². The number of carboxylic acid groups (broad SMARTS) is 1. The number of rotatable bonds is 6. The molecule has 0 aliphatic heterocycles. The van der Waals surface area contributed by atoms with Crippen molar-refractivity contribution in [3.8, 4) is 5.88 Å². The number of carbonyl (C=O) groups is 2. The number of nitrogens with one attached hydrogen (secondary N) is 1. The standard InChI is InChI=1S/C16H22N2O4/c1-11(16(20)21)10-18-15(19)12-7-8-17-14(9-12)22-13-5-3-2-4-6-13/h7-9,11,13H,2-6,10H2,1H3,(H,18,19)(H,20,21). The summed E-state index contributed by atoms with van der Waals surface area (Å²) in [6, 6.07) is 3.20. The minimum absolute atomic E-state index is 0.0926. The molecule has 120 valence electrons. The Hall–Kier alpha value is -2.11. The van der Waals surface area contributed by atoms with E-state index < -0.39 is 11.9 Å². The van der Waals surface area contributed by atoms with Crippen LogP contribution in [0.4, 0.5) is 0 Å². The van der Waals surface area contributed by atoms with Crippen molar-refractivity contribution in [2.45, 2.75) is 45.1 Å². The second kappa shape index (κ2) is 7.77. The summed E-state index contributed by atoms with van der Waals surface area (Å²) in [4.78, 5) is 26.9. The molecule has 6 nitrogen and oxygen atoms in total. The lowest BCUT2D eigenvalue weighted by molar-refractivity contribution is -0.140. The highest BCUT2D eigenvalue weighted by Crippen LogP contribution is 2.22. The zero-order chi connectivity index (χ0) is 15.9. The van der Waals surface area contributed by atoms with Crippen LogP contribution in [0.5, 0.6) is 5.88 Å². The van der Waals surface area contributed by atoms with Gasteiger partial charge in [0.25, 0.3) is 5.91 Å². The maximum Gasteiger partial charge on any atom is 0.308 e. The molecule has 1 atom stereocenters. The van der Waals surface area contributed by atoms with Crippen molar-refractivity contribution in [2.24, 2.45) is 5.92 Å². The molecular formula is C16H22N2O4. The van der Waals surface area contributed by atoms with E-state index in [1.165, 1.54) is 12.6 Å². The van der Waals surface area contributed by atoms with Crippen LogP contribution in [0.3, 0.4) is 0 Å². The first kappa shape index (κ1) is 16.3. The van der Waals surface area contributed by atoms with E-state index in [2.05, 4.69) is 10.3 Å². The zero-order valence-electron chi connectivity index (χ0n) is 12.7. The van der Waals surface area contributed by atoms with Crippen molar-refractivity contribution in [2.75, 3.05) is 6.54 Å². The average molecular weight is 306 g/mol. The molecule has 1 saturated carbocycles. The Morgan fingerprint density at radius 3 is 2.82 bits per heavy atom. The summed E-state index contributed by atoms with van der Waals surface area (Å²) in [5.74, 6) is -1.42. The third-order valence-corrected chi connectivity index (χ3v) is 3.83. The normalized spacial score (nSPS) is 16.8. The number of nitrogens with zero attached hydrogens (tertiary/aromatic N) is 1. The molecule has 0 aromatic carbocycles. The van der Waals surface area contributed by atoms with Gasteiger partial charge in [0.1, 0.15) is 6.10 Å². The average Bonchev–Trinajstić information content (AvgIpc) is 2.53. The van der Waals surface area contributed by atoms with E-state index in [4.69, 9.17) is 9.84 Å². The van der Waals surface area contributed by atoms with Crippen LogP contribution in [0, 0.1) is 5.92 Å². The first-order valence-corrected chi connectivity index (χ1v) is 7.70. The summed E-state index contributed by atoms with van der Waals surface area (Å²) in [6.07, 6.45) is 7.33. The quantitative estimate of drug-likeness (QED) is 0.841. The highest BCUT2D eigenvalue weighted by atomic mass is 16.5. The van der Waals surface area contributed by atoms with Crippen molar-refractivity contribution in [1.82, 2.24) is 10.3 Å². The molecule has 1 unspecified atom stereocenters. The Morgan fingerprint density at radius 1 is 1.41 bits per heavy atom. The second-order valence-electron chi connectivity index (χ2n) is 5.71. The SMILES string of the molecule is CC(CNC(=O)c1ccnc(OC2CCCCC2)c1)C(=O)O. The fourth-order valence-corrected chi connectivity index (χ4v) is 2.40. The molecule has 0 radical (unpaired) electrons. The first-order valence-electron chi connectivity index (χ1n) is 7.70. The lowest BCUT2D eigenvalue weighted by atomic mass is 9.98. The molecule has 1 aliphatic carbocycles. The van der Waals surface area contributed by atoms with Gasteiger partial charge in [0, 0.05) is 24.4 Å². The van der Waals surface area contributed by atoms with Gasteiger partial charge in [-0.05, 0) is 31.7 Å². The molecular weight excluding hydrogens is 284 g/mol. The Bertz CT molecular complexity index is 527. The van der Waals surface area contributed by atoms with E-state index in [1.807, 2.05) is 0 Å². The maximum absolute atomic E-state index is 12.0. The summed E-state index contributed by atoms with van der Waals surface area (Å²) in [6.45, 7) is 1.64. The van der Waals surface area contributed by atoms with Gasteiger partial charge in [0.05, 0.1) is 5.92 Å². The molecule has 2 N–H and O–H groups in total. The van der Waals surface area contributed by atoms with Crippen LogP contribution in [0.25, 0.3) is 0 Å². The van der Waals surface area contributed by atoms with Gasteiger partial charge in [-0.1, -0.05) is 13.3 Å². The Balaban J connectivity index is 1.92. The van der Waals surface area contributed by atoms with Crippen LogP contribution < -0.4 is 10.1 Å². The lowest BCUT2D eigenvalue weighted by Gasteiger charge is -2.22. The van der Waals surface area contributed by atoms with Crippen molar-refractivity contribution in [1.29, 1.82) is 0 Å². The molecule has 0 spiro atoms. The third-order valence-electron chi connectivity index (χ3n) is 3.83. The minimum atomic E-state index is -0.934. The van der Waals surface area contributed by atoms with Crippen molar-refractivity contribution < 1.29 is 19.4 Å². The van der Waals surface area contributed by atoms with E-state index in [1.54, 1.807) is 19.1 Å². The summed E-state index contributed by atoms with van der Waals surface area (Å²) in [5, 5.41) is 11.4. The highest BCUT2D eigenvalue weighted by Gasteiger charge is 2.17. The number of hydrogen-bond donors (Lipinski definition) is 2. The van der Waals surface area contributed by atoms with Gasteiger partial charge < -0.3 is 15.2 Å². The van der Waals surface area contributed by atoms with Gasteiger partial charge in [-0.2, -0.15) is 0 Å². The van der Waals surface area contributed by atoms with E-state index in [0.717, 1.165) is 25.7 Å². The first-order chi connectivity index (χ1) is 10.6. The molecule has 22 heavy (non-hydrogen) atoms. The maximum atomic E-state index is 12.0. The molecule has 0 saturated heterocycles. The number of carboxylic acids is 1. The van der Waals surface area contributed by atoms with Crippen LogP contribution in [0.2, 0.25) is 0 Å². The summed E-state index contributed by atoms with van der Waals surface area (Å²) in [7, 11) is 0. The summed E-state index contributed by atoms with van der Waals surface area (Å²) >= 11 is 0. The molecule has 0 bridgehead atoms. The molecule has 1 heterocycles. The number of ether oxygens (including phenoxy) is 1. The van der Waals surface area contributed by atoms with Gasteiger partial charge in [-0.3, -0.25) is 9.59 Å². The molecule has 1 aromatic heterocycles. The predicted molar refractivity (Wildman–Crippen MR) is 80.9 cm³/mol. The van der Waals surface area contributed by atoms with E-state index >= 15 is 0 Å². The molecule has 1 fully saturated rings. The number of carbonyl (C=O) groups excluding carboxylic acids is 1. The van der Waals surface area contributed by atoms with Gasteiger partial charge in [-0.25, -0.2) is 4.98 Å². The van der Waals surface area contributed by atoms with E-state index in [9.17, 15) is 9.59 Å². The predicted octanol–water partition coefficient (Wildman–Crippen LogP) is 2.24. The minimum Gasteiger partial charge on any atom is -0.481 e. The number of hydrogen-bond acceptors (Lipinski definition) is 4. The molecule has 1 amide bonds. The Kier molecular flexibility index (Phi) is 5.75. The number of amides is 1.